The van der Waals surface area contributed by atoms with Crippen molar-refractivity contribution in [3.63, 3.8) is 0 Å². The standard InChI is InChI=1S/C23H23ClN6O2S/c1-13-7-16-18(9-15(13)23(31)30-5-6-33-12-30)25-11-26-21(16)29-20(10-32-2)22-27-17-4-3-14(24)8-19(17)28-22/h3-4,7-9,11,20H,5-6,10,12H2,1-2H3,(H,27,28)(H,25,26,29)/t20-/m0/s1. The third-order valence-corrected chi connectivity index (χ3v) is 6.89. The smallest absolute Gasteiger partial charge is 0.254 e. The van der Waals surface area contributed by atoms with Gasteiger partial charge in [0, 0.05) is 35.4 Å². The minimum Gasteiger partial charge on any atom is -0.382 e. The summed E-state index contributed by atoms with van der Waals surface area (Å²) in [7, 11) is 1.64. The molecule has 3 heterocycles. The fourth-order valence-electron chi connectivity index (χ4n) is 3.99. The van der Waals surface area contributed by atoms with E-state index in [1.165, 1.54) is 6.33 Å². The normalized spacial score (nSPS) is 14.8. The summed E-state index contributed by atoms with van der Waals surface area (Å²) in [5, 5.41) is 4.92. The number of hydrogen-bond donors (Lipinski definition) is 2. The number of aromatic amines is 1. The van der Waals surface area contributed by atoms with Crippen molar-refractivity contribution in [2.24, 2.45) is 0 Å². The number of imidazole rings is 1. The molecule has 33 heavy (non-hydrogen) atoms. The molecule has 0 unspecified atom stereocenters. The quantitative estimate of drug-likeness (QED) is 0.420. The number of aromatic nitrogens is 4. The van der Waals surface area contributed by atoms with E-state index in [0.29, 0.717) is 28.5 Å². The van der Waals surface area contributed by atoms with E-state index in [2.05, 4.69) is 20.3 Å². The monoisotopic (exact) mass is 482 g/mol. The Kier molecular flexibility index (Phi) is 6.09. The molecule has 5 rings (SSSR count). The molecule has 4 aromatic rings. The molecule has 0 radical (unpaired) electrons. The molecule has 10 heteroatoms. The molecule has 2 aromatic carbocycles. The number of fused-ring (bicyclic) bond motifs is 2. The van der Waals surface area contributed by atoms with E-state index >= 15 is 0 Å². The third kappa shape index (κ3) is 4.36. The second-order valence-electron chi connectivity index (χ2n) is 7.95. The van der Waals surface area contributed by atoms with Crippen LogP contribution < -0.4 is 5.32 Å². The maximum atomic E-state index is 13.0. The van der Waals surface area contributed by atoms with E-state index in [4.69, 9.17) is 21.3 Å². The first kappa shape index (κ1) is 21.9. The van der Waals surface area contributed by atoms with E-state index < -0.39 is 0 Å². The predicted octanol–water partition coefficient (Wildman–Crippen LogP) is 4.41. The highest BCUT2D eigenvalue weighted by Crippen LogP contribution is 2.29. The van der Waals surface area contributed by atoms with Crippen LogP contribution in [0.2, 0.25) is 5.02 Å². The van der Waals surface area contributed by atoms with Crippen LogP contribution in [0.15, 0.2) is 36.7 Å². The van der Waals surface area contributed by atoms with Crippen molar-refractivity contribution in [1.29, 1.82) is 0 Å². The number of thioether (sulfide) groups is 1. The Morgan fingerprint density at radius 2 is 2.18 bits per heavy atom. The second kappa shape index (κ2) is 9.17. The van der Waals surface area contributed by atoms with E-state index in [1.807, 2.05) is 42.2 Å². The Morgan fingerprint density at radius 3 is 2.97 bits per heavy atom. The number of carbonyl (C=O) groups excluding carboxylic acids is 1. The zero-order valence-electron chi connectivity index (χ0n) is 18.3. The molecular weight excluding hydrogens is 460 g/mol. The van der Waals surface area contributed by atoms with E-state index in [-0.39, 0.29) is 11.9 Å². The van der Waals surface area contributed by atoms with Crippen molar-refractivity contribution in [3.05, 3.63) is 58.6 Å². The number of nitrogens with one attached hydrogen (secondary N) is 2. The molecule has 1 saturated heterocycles. The first-order chi connectivity index (χ1) is 16.0. The van der Waals surface area contributed by atoms with Crippen LogP contribution in [0.25, 0.3) is 21.9 Å². The number of nitrogens with zero attached hydrogens (tertiary/aromatic N) is 4. The lowest BCUT2D eigenvalue weighted by Crippen LogP contribution is -2.28. The zero-order chi connectivity index (χ0) is 22.9. The summed E-state index contributed by atoms with van der Waals surface area (Å²) in [6.45, 7) is 3.10. The molecule has 1 fully saturated rings. The van der Waals surface area contributed by atoms with Gasteiger partial charge < -0.3 is 19.9 Å². The van der Waals surface area contributed by atoms with Crippen LogP contribution in [0.1, 0.15) is 27.8 Å². The van der Waals surface area contributed by atoms with Gasteiger partial charge in [-0.05, 0) is 42.8 Å². The molecule has 1 aliphatic heterocycles. The summed E-state index contributed by atoms with van der Waals surface area (Å²) >= 11 is 7.89. The number of ether oxygens (including phenoxy) is 1. The van der Waals surface area contributed by atoms with Crippen LogP contribution in [0.4, 0.5) is 5.82 Å². The second-order valence-corrected chi connectivity index (χ2v) is 9.46. The Balaban J connectivity index is 1.49. The van der Waals surface area contributed by atoms with E-state index in [9.17, 15) is 4.79 Å². The lowest BCUT2D eigenvalue weighted by molar-refractivity contribution is 0.0802. The summed E-state index contributed by atoms with van der Waals surface area (Å²) in [4.78, 5) is 31.8. The van der Waals surface area contributed by atoms with Crippen LogP contribution in [0.3, 0.4) is 0 Å². The van der Waals surface area contributed by atoms with Gasteiger partial charge in [-0.3, -0.25) is 4.79 Å². The van der Waals surface area contributed by atoms with Crippen molar-refractivity contribution in [2.45, 2.75) is 13.0 Å². The van der Waals surface area contributed by atoms with Gasteiger partial charge in [0.05, 0.1) is 29.0 Å². The number of halogens is 1. The summed E-state index contributed by atoms with van der Waals surface area (Å²) in [6, 6.07) is 9.09. The number of aryl methyl sites for hydroxylation is 1. The Morgan fingerprint density at radius 1 is 1.30 bits per heavy atom. The molecular formula is C23H23ClN6O2S. The Hall–Kier alpha value is -2.88. The molecule has 0 aliphatic carbocycles. The maximum Gasteiger partial charge on any atom is 0.254 e. The topological polar surface area (TPSA) is 96.0 Å². The first-order valence-corrected chi connectivity index (χ1v) is 12.1. The molecule has 8 nitrogen and oxygen atoms in total. The number of H-pyrrole nitrogens is 1. The van der Waals surface area contributed by atoms with Gasteiger partial charge in [0.1, 0.15) is 24.0 Å². The average Bonchev–Trinajstić information content (AvgIpc) is 3.48. The summed E-state index contributed by atoms with van der Waals surface area (Å²) in [6.07, 6.45) is 1.50. The van der Waals surface area contributed by atoms with Gasteiger partial charge in [-0.25, -0.2) is 15.0 Å². The minimum absolute atomic E-state index is 0.0470. The van der Waals surface area contributed by atoms with E-state index in [1.54, 1.807) is 18.9 Å². The summed E-state index contributed by atoms with van der Waals surface area (Å²) < 4.78 is 5.45. The molecule has 0 spiro atoms. The SMILES string of the molecule is COC[C@H](Nc1ncnc2cc(C(=O)N3CCSC3)c(C)cc12)c1nc2ccc(Cl)cc2[nH]1. The van der Waals surface area contributed by atoms with Crippen LogP contribution >= 0.6 is 23.4 Å². The van der Waals surface area contributed by atoms with Gasteiger partial charge in [0.15, 0.2) is 0 Å². The fraction of sp³-hybridized carbons (Fsp3) is 0.304. The Bertz CT molecular complexity index is 1340. The van der Waals surface area contributed by atoms with Gasteiger partial charge in [-0.15, -0.1) is 11.8 Å². The summed E-state index contributed by atoms with van der Waals surface area (Å²) in [5.41, 5.74) is 3.96. The molecule has 1 amide bonds. The van der Waals surface area contributed by atoms with Crippen molar-refractivity contribution >= 4 is 57.0 Å². The largest absolute Gasteiger partial charge is 0.382 e. The molecule has 0 bridgehead atoms. The highest BCUT2D eigenvalue weighted by atomic mass is 35.5. The lowest BCUT2D eigenvalue weighted by Gasteiger charge is -2.19. The third-order valence-electron chi connectivity index (χ3n) is 5.69. The first-order valence-electron chi connectivity index (χ1n) is 10.6. The maximum absolute atomic E-state index is 13.0. The number of hydrogen-bond acceptors (Lipinski definition) is 7. The number of anilines is 1. The number of benzene rings is 2. The van der Waals surface area contributed by atoms with Gasteiger partial charge in [0.2, 0.25) is 0 Å². The van der Waals surface area contributed by atoms with Gasteiger partial charge >= 0.3 is 0 Å². The lowest BCUT2D eigenvalue weighted by atomic mass is 10.0. The Labute approximate surface area is 200 Å². The predicted molar refractivity (Wildman–Crippen MR) is 132 cm³/mol. The number of rotatable bonds is 6. The average molecular weight is 483 g/mol. The van der Waals surface area contributed by atoms with Gasteiger partial charge in [0.25, 0.3) is 5.91 Å². The molecule has 0 saturated carbocycles. The van der Waals surface area contributed by atoms with Crippen molar-refractivity contribution < 1.29 is 9.53 Å². The highest BCUT2D eigenvalue weighted by Gasteiger charge is 2.23. The van der Waals surface area contributed by atoms with Gasteiger partial charge in [-0.1, -0.05) is 11.6 Å². The summed E-state index contributed by atoms with van der Waals surface area (Å²) in [5.74, 6) is 3.12. The van der Waals surface area contributed by atoms with Crippen molar-refractivity contribution in [2.75, 3.05) is 37.2 Å². The zero-order valence-corrected chi connectivity index (χ0v) is 19.8. The highest BCUT2D eigenvalue weighted by molar-refractivity contribution is 7.99. The van der Waals surface area contributed by atoms with Crippen LogP contribution in [-0.4, -0.2) is 62.6 Å². The molecule has 1 atom stereocenters. The van der Waals surface area contributed by atoms with E-state index in [0.717, 1.165) is 46.0 Å². The molecule has 170 valence electrons. The van der Waals surface area contributed by atoms with Crippen LogP contribution in [0.5, 0.6) is 0 Å². The number of methoxy groups -OCH3 is 1. The fourth-order valence-corrected chi connectivity index (χ4v) is 5.11. The minimum atomic E-state index is -0.275. The van der Waals surface area contributed by atoms with Gasteiger partial charge in [-0.2, -0.15) is 0 Å². The molecule has 2 N–H and O–H groups in total. The number of amides is 1. The van der Waals surface area contributed by atoms with Crippen LogP contribution in [0, 0.1) is 6.92 Å². The van der Waals surface area contributed by atoms with Crippen LogP contribution in [-0.2, 0) is 4.74 Å². The van der Waals surface area contributed by atoms with Crippen molar-refractivity contribution in [3.8, 4) is 0 Å². The molecule has 2 aromatic heterocycles. The number of carbonyl (C=O) groups is 1. The molecule has 1 aliphatic rings. The van der Waals surface area contributed by atoms with Crippen molar-refractivity contribution in [1.82, 2.24) is 24.8 Å².